The molecule has 0 saturated heterocycles. The molecule has 5 heteroatoms. The molecule has 82 valence electrons. The third kappa shape index (κ3) is 2.36. The Hall–Kier alpha value is -1.36. The van der Waals surface area contributed by atoms with E-state index in [4.69, 9.17) is 9.63 Å². The van der Waals surface area contributed by atoms with Crippen LogP contribution in [0.3, 0.4) is 0 Å². The highest BCUT2D eigenvalue weighted by Gasteiger charge is 2.28. The van der Waals surface area contributed by atoms with Crippen molar-refractivity contribution in [1.29, 1.82) is 0 Å². The van der Waals surface area contributed by atoms with E-state index in [0.29, 0.717) is 18.3 Å². The van der Waals surface area contributed by atoms with Gasteiger partial charge in [0.05, 0.1) is 6.54 Å². The molecule has 1 heterocycles. The van der Waals surface area contributed by atoms with Crippen LogP contribution in [0.25, 0.3) is 0 Å². The average molecular weight is 210 g/mol. The fourth-order valence-electron chi connectivity index (χ4n) is 1.63. The summed E-state index contributed by atoms with van der Waals surface area (Å²) in [6.07, 6.45) is 2.46. The van der Waals surface area contributed by atoms with Crippen molar-refractivity contribution in [1.82, 2.24) is 10.1 Å². The number of aromatic nitrogens is 1. The summed E-state index contributed by atoms with van der Waals surface area (Å²) < 4.78 is 4.96. The molecular weight excluding hydrogens is 196 g/mol. The molecule has 5 nitrogen and oxygen atoms in total. The lowest BCUT2D eigenvalue weighted by molar-refractivity contribution is 0.0685. The summed E-state index contributed by atoms with van der Waals surface area (Å²) in [5.41, 5.74) is -0.0168. The highest BCUT2D eigenvalue weighted by atomic mass is 16.5. The van der Waals surface area contributed by atoms with Crippen molar-refractivity contribution in [3.05, 3.63) is 17.5 Å². The van der Waals surface area contributed by atoms with Gasteiger partial charge in [0.15, 0.2) is 11.5 Å². The van der Waals surface area contributed by atoms with Crippen LogP contribution in [0.1, 0.15) is 36.0 Å². The number of carbonyl (C=O) groups is 1. The van der Waals surface area contributed by atoms with Crippen LogP contribution in [0.5, 0.6) is 0 Å². The summed E-state index contributed by atoms with van der Waals surface area (Å²) in [6.45, 7) is 3.70. The normalized spacial score (nSPS) is 15.9. The molecule has 0 aromatic carbocycles. The first kappa shape index (κ1) is 10.2. The largest absolute Gasteiger partial charge is 0.476 e. The Bertz CT molecular complexity index is 357. The van der Waals surface area contributed by atoms with Gasteiger partial charge in [0, 0.05) is 12.1 Å². The molecule has 2 rings (SSSR count). The van der Waals surface area contributed by atoms with E-state index in [1.165, 1.54) is 18.9 Å². The number of aromatic carboxylic acids is 1. The maximum atomic E-state index is 10.6. The molecule has 1 aromatic rings. The Morgan fingerprint density at radius 2 is 2.47 bits per heavy atom. The number of nitrogens with zero attached hydrogens (tertiary/aromatic N) is 2. The van der Waals surface area contributed by atoms with E-state index in [1.807, 2.05) is 0 Å². The van der Waals surface area contributed by atoms with Crippen LogP contribution in [0, 0.1) is 0 Å². The molecule has 1 aromatic heterocycles. The molecule has 1 aliphatic carbocycles. The number of carboxylic acid groups (broad SMARTS) is 1. The highest BCUT2D eigenvalue weighted by Crippen LogP contribution is 2.27. The first-order valence-electron chi connectivity index (χ1n) is 5.13. The van der Waals surface area contributed by atoms with E-state index in [0.717, 1.165) is 6.54 Å². The van der Waals surface area contributed by atoms with E-state index < -0.39 is 5.97 Å². The van der Waals surface area contributed by atoms with Gasteiger partial charge in [-0.2, -0.15) is 0 Å². The van der Waals surface area contributed by atoms with Crippen molar-refractivity contribution >= 4 is 5.97 Å². The minimum Gasteiger partial charge on any atom is -0.476 e. The van der Waals surface area contributed by atoms with Crippen molar-refractivity contribution in [2.75, 3.05) is 6.54 Å². The first-order chi connectivity index (χ1) is 7.20. The molecule has 0 aliphatic heterocycles. The minimum absolute atomic E-state index is 0.0168. The molecule has 0 bridgehead atoms. The number of hydrogen-bond acceptors (Lipinski definition) is 4. The zero-order valence-electron chi connectivity index (χ0n) is 8.64. The van der Waals surface area contributed by atoms with Crippen LogP contribution in [0.15, 0.2) is 10.6 Å². The fraction of sp³-hybridized carbons (Fsp3) is 0.600. The molecule has 0 atom stereocenters. The molecule has 0 radical (unpaired) electrons. The lowest BCUT2D eigenvalue weighted by atomic mass is 10.3. The van der Waals surface area contributed by atoms with Gasteiger partial charge in [-0.05, 0) is 19.4 Å². The Labute approximate surface area is 87.7 Å². The molecule has 0 amide bonds. The van der Waals surface area contributed by atoms with Crippen LogP contribution in [0.4, 0.5) is 0 Å². The van der Waals surface area contributed by atoms with Gasteiger partial charge in [-0.3, -0.25) is 4.90 Å². The van der Waals surface area contributed by atoms with Crippen molar-refractivity contribution in [3.63, 3.8) is 0 Å². The molecule has 0 unspecified atom stereocenters. The summed E-state index contributed by atoms with van der Waals surface area (Å²) in [5.74, 6) is -0.416. The summed E-state index contributed by atoms with van der Waals surface area (Å²) in [4.78, 5) is 12.8. The van der Waals surface area contributed by atoms with Gasteiger partial charge in [-0.25, -0.2) is 4.79 Å². The Morgan fingerprint density at radius 3 is 2.93 bits per heavy atom. The predicted molar refractivity (Wildman–Crippen MR) is 52.6 cm³/mol. The van der Waals surface area contributed by atoms with Crippen LogP contribution < -0.4 is 0 Å². The van der Waals surface area contributed by atoms with Gasteiger partial charge in [0.25, 0.3) is 0 Å². The Kier molecular flexibility index (Phi) is 2.73. The topological polar surface area (TPSA) is 66.6 Å². The number of hydrogen-bond donors (Lipinski definition) is 1. The molecule has 1 saturated carbocycles. The van der Waals surface area contributed by atoms with Crippen LogP contribution in [-0.2, 0) is 6.54 Å². The predicted octanol–water partition coefficient (Wildman–Crippen LogP) is 1.36. The van der Waals surface area contributed by atoms with E-state index in [-0.39, 0.29) is 5.69 Å². The van der Waals surface area contributed by atoms with Crippen molar-refractivity contribution in [2.45, 2.75) is 32.4 Å². The van der Waals surface area contributed by atoms with Crippen molar-refractivity contribution in [3.8, 4) is 0 Å². The molecule has 1 fully saturated rings. The molecule has 1 N–H and O–H groups in total. The molecule has 1 aliphatic rings. The third-order valence-electron chi connectivity index (χ3n) is 2.61. The summed E-state index contributed by atoms with van der Waals surface area (Å²) in [7, 11) is 0. The summed E-state index contributed by atoms with van der Waals surface area (Å²) in [5, 5.41) is 12.2. The van der Waals surface area contributed by atoms with Gasteiger partial charge < -0.3 is 9.63 Å². The minimum atomic E-state index is -1.04. The van der Waals surface area contributed by atoms with Gasteiger partial charge >= 0.3 is 5.97 Å². The quantitative estimate of drug-likeness (QED) is 0.794. The van der Waals surface area contributed by atoms with Crippen molar-refractivity contribution < 1.29 is 14.4 Å². The van der Waals surface area contributed by atoms with Gasteiger partial charge in [0.1, 0.15) is 0 Å². The molecule has 15 heavy (non-hydrogen) atoms. The Balaban J connectivity index is 1.99. The maximum Gasteiger partial charge on any atom is 0.358 e. The van der Waals surface area contributed by atoms with E-state index >= 15 is 0 Å². The number of rotatable bonds is 5. The van der Waals surface area contributed by atoms with Crippen LogP contribution in [0.2, 0.25) is 0 Å². The molecular formula is C10H14N2O3. The zero-order chi connectivity index (χ0) is 10.8. The zero-order valence-corrected chi connectivity index (χ0v) is 8.64. The lowest BCUT2D eigenvalue weighted by Gasteiger charge is -2.17. The third-order valence-corrected chi connectivity index (χ3v) is 2.61. The maximum absolute atomic E-state index is 10.6. The van der Waals surface area contributed by atoms with E-state index in [2.05, 4.69) is 17.0 Å². The number of carboxylic acids is 1. The monoisotopic (exact) mass is 210 g/mol. The van der Waals surface area contributed by atoms with E-state index in [9.17, 15) is 4.79 Å². The fourth-order valence-corrected chi connectivity index (χ4v) is 1.63. The van der Waals surface area contributed by atoms with Crippen LogP contribution in [-0.4, -0.2) is 33.7 Å². The second-order valence-corrected chi connectivity index (χ2v) is 3.78. The van der Waals surface area contributed by atoms with Gasteiger partial charge in [-0.1, -0.05) is 12.1 Å². The average Bonchev–Trinajstić information content (AvgIpc) is 2.94. The van der Waals surface area contributed by atoms with Crippen molar-refractivity contribution in [2.24, 2.45) is 0 Å². The van der Waals surface area contributed by atoms with Gasteiger partial charge in [0.2, 0.25) is 0 Å². The highest BCUT2D eigenvalue weighted by molar-refractivity contribution is 5.85. The summed E-state index contributed by atoms with van der Waals surface area (Å²) in [6, 6.07) is 2.14. The summed E-state index contributed by atoms with van der Waals surface area (Å²) >= 11 is 0. The van der Waals surface area contributed by atoms with Gasteiger partial charge in [-0.15, -0.1) is 0 Å². The lowest BCUT2D eigenvalue weighted by Crippen LogP contribution is -2.24. The second-order valence-electron chi connectivity index (χ2n) is 3.78. The van der Waals surface area contributed by atoms with Crippen LogP contribution >= 0.6 is 0 Å². The van der Waals surface area contributed by atoms with E-state index in [1.54, 1.807) is 0 Å². The second kappa shape index (κ2) is 4.02. The SMILES string of the molecule is CCN(Cc1cc(C(=O)O)no1)C1CC1. The molecule has 0 spiro atoms. The Morgan fingerprint density at radius 1 is 1.73 bits per heavy atom. The smallest absolute Gasteiger partial charge is 0.358 e. The standard InChI is InChI=1S/C10H14N2O3/c1-2-12(7-3-4-7)6-8-5-9(10(13)14)11-15-8/h5,7H,2-4,6H2,1H3,(H,13,14). The first-order valence-corrected chi connectivity index (χ1v) is 5.13.